The SMILES string of the molecule is COC(=O)C(CCSc1nccc(C)n1)NC(C)C. The van der Waals surface area contributed by atoms with Gasteiger partial charge in [0.25, 0.3) is 0 Å². The molecule has 1 aromatic heterocycles. The van der Waals surface area contributed by atoms with Crippen molar-refractivity contribution in [3.8, 4) is 0 Å². The van der Waals surface area contributed by atoms with Crippen LogP contribution in [0.25, 0.3) is 0 Å². The maximum Gasteiger partial charge on any atom is 0.322 e. The molecule has 1 N–H and O–H groups in total. The van der Waals surface area contributed by atoms with Crippen LogP contribution >= 0.6 is 11.8 Å². The summed E-state index contributed by atoms with van der Waals surface area (Å²) in [4.78, 5) is 20.1. The molecule has 6 heteroatoms. The third-order valence-electron chi connectivity index (χ3n) is 2.43. The smallest absolute Gasteiger partial charge is 0.322 e. The number of carbonyl (C=O) groups is 1. The molecule has 0 saturated carbocycles. The monoisotopic (exact) mass is 283 g/mol. The molecule has 0 aromatic carbocycles. The van der Waals surface area contributed by atoms with Crippen LogP contribution in [0.15, 0.2) is 17.4 Å². The van der Waals surface area contributed by atoms with Crippen molar-refractivity contribution in [3.05, 3.63) is 18.0 Å². The van der Waals surface area contributed by atoms with Crippen molar-refractivity contribution < 1.29 is 9.53 Å². The second-order valence-electron chi connectivity index (χ2n) is 4.51. The van der Waals surface area contributed by atoms with Gasteiger partial charge >= 0.3 is 5.97 Å². The molecule has 1 rings (SSSR count). The van der Waals surface area contributed by atoms with Gasteiger partial charge in [0.15, 0.2) is 5.16 Å². The second-order valence-corrected chi connectivity index (χ2v) is 5.58. The van der Waals surface area contributed by atoms with Crippen LogP contribution in [-0.4, -0.2) is 40.9 Å². The maximum absolute atomic E-state index is 11.6. The minimum absolute atomic E-state index is 0.223. The van der Waals surface area contributed by atoms with Crippen molar-refractivity contribution in [3.63, 3.8) is 0 Å². The van der Waals surface area contributed by atoms with Crippen LogP contribution in [0.2, 0.25) is 0 Å². The van der Waals surface area contributed by atoms with Gasteiger partial charge in [-0.2, -0.15) is 0 Å². The fraction of sp³-hybridized carbons (Fsp3) is 0.615. The maximum atomic E-state index is 11.6. The molecule has 0 aliphatic rings. The molecule has 1 aromatic rings. The van der Waals surface area contributed by atoms with E-state index in [4.69, 9.17) is 4.74 Å². The topological polar surface area (TPSA) is 64.1 Å². The van der Waals surface area contributed by atoms with E-state index in [1.807, 2.05) is 26.8 Å². The molecule has 0 aliphatic carbocycles. The molecule has 0 fully saturated rings. The quantitative estimate of drug-likeness (QED) is 0.468. The summed E-state index contributed by atoms with van der Waals surface area (Å²) in [5.41, 5.74) is 0.947. The Hall–Kier alpha value is -1.14. The fourth-order valence-corrected chi connectivity index (χ4v) is 2.46. The molecule has 0 saturated heterocycles. The van der Waals surface area contributed by atoms with Crippen LogP contribution in [0.4, 0.5) is 0 Å². The molecular formula is C13H21N3O2S. The van der Waals surface area contributed by atoms with Crippen LogP contribution in [0, 0.1) is 6.92 Å². The highest BCUT2D eigenvalue weighted by Gasteiger charge is 2.19. The molecule has 106 valence electrons. The largest absolute Gasteiger partial charge is 0.468 e. The predicted molar refractivity (Wildman–Crippen MR) is 76.2 cm³/mol. The lowest BCUT2D eigenvalue weighted by molar-refractivity contribution is -0.143. The summed E-state index contributed by atoms with van der Waals surface area (Å²) >= 11 is 1.55. The van der Waals surface area contributed by atoms with E-state index in [1.54, 1.807) is 18.0 Å². The van der Waals surface area contributed by atoms with Gasteiger partial charge in [0.05, 0.1) is 7.11 Å². The van der Waals surface area contributed by atoms with E-state index >= 15 is 0 Å². The molecular weight excluding hydrogens is 262 g/mol. The van der Waals surface area contributed by atoms with E-state index < -0.39 is 0 Å². The van der Waals surface area contributed by atoms with Crippen molar-refractivity contribution >= 4 is 17.7 Å². The van der Waals surface area contributed by atoms with Crippen LogP contribution < -0.4 is 5.32 Å². The highest BCUT2D eigenvalue weighted by atomic mass is 32.2. The van der Waals surface area contributed by atoms with Crippen molar-refractivity contribution in [2.75, 3.05) is 12.9 Å². The average molecular weight is 283 g/mol. The van der Waals surface area contributed by atoms with E-state index in [1.165, 1.54) is 7.11 Å². The first-order chi connectivity index (χ1) is 9.02. The van der Waals surface area contributed by atoms with Gasteiger partial charge in [0, 0.05) is 23.7 Å². The highest BCUT2D eigenvalue weighted by molar-refractivity contribution is 7.99. The molecule has 5 nitrogen and oxygen atoms in total. The van der Waals surface area contributed by atoms with Crippen LogP contribution in [0.3, 0.4) is 0 Å². The Morgan fingerprint density at radius 2 is 2.26 bits per heavy atom. The van der Waals surface area contributed by atoms with Gasteiger partial charge in [-0.05, 0) is 19.4 Å². The zero-order chi connectivity index (χ0) is 14.3. The van der Waals surface area contributed by atoms with Gasteiger partial charge in [-0.1, -0.05) is 25.6 Å². The Morgan fingerprint density at radius 1 is 1.53 bits per heavy atom. The summed E-state index contributed by atoms with van der Waals surface area (Å²) in [6.07, 6.45) is 2.43. The van der Waals surface area contributed by atoms with Gasteiger partial charge in [-0.15, -0.1) is 0 Å². The van der Waals surface area contributed by atoms with Gasteiger partial charge in [-0.25, -0.2) is 9.97 Å². The van der Waals surface area contributed by atoms with Crippen molar-refractivity contribution in [2.45, 2.75) is 44.4 Å². The number of hydrogen-bond acceptors (Lipinski definition) is 6. The minimum atomic E-state index is -0.276. The summed E-state index contributed by atoms with van der Waals surface area (Å²) in [7, 11) is 1.41. The number of aromatic nitrogens is 2. The zero-order valence-corrected chi connectivity index (χ0v) is 12.7. The Kier molecular flexibility index (Phi) is 6.80. The number of rotatable bonds is 7. The van der Waals surface area contributed by atoms with Crippen LogP contribution in [0.1, 0.15) is 26.0 Å². The first-order valence-corrected chi connectivity index (χ1v) is 7.27. The number of ether oxygens (including phenoxy) is 1. The lowest BCUT2D eigenvalue weighted by atomic mass is 10.2. The molecule has 0 radical (unpaired) electrons. The summed E-state index contributed by atoms with van der Waals surface area (Å²) in [6, 6.07) is 1.83. The molecule has 1 heterocycles. The summed E-state index contributed by atoms with van der Waals surface area (Å²) in [5, 5.41) is 3.94. The Labute approximate surface area is 118 Å². The van der Waals surface area contributed by atoms with E-state index in [0.717, 1.165) is 16.6 Å². The fourth-order valence-electron chi connectivity index (χ4n) is 1.58. The first kappa shape index (κ1) is 15.9. The zero-order valence-electron chi connectivity index (χ0n) is 11.8. The minimum Gasteiger partial charge on any atom is -0.468 e. The second kappa shape index (κ2) is 8.12. The van der Waals surface area contributed by atoms with Gasteiger partial charge in [0.2, 0.25) is 0 Å². The van der Waals surface area contributed by atoms with Crippen LogP contribution in [0.5, 0.6) is 0 Å². The van der Waals surface area contributed by atoms with Gasteiger partial charge in [-0.3, -0.25) is 4.79 Å². The molecule has 0 spiro atoms. The van der Waals surface area contributed by atoms with E-state index in [0.29, 0.717) is 6.42 Å². The lowest BCUT2D eigenvalue weighted by Crippen LogP contribution is -2.41. The van der Waals surface area contributed by atoms with E-state index in [2.05, 4.69) is 15.3 Å². The van der Waals surface area contributed by atoms with Crippen molar-refractivity contribution in [2.24, 2.45) is 0 Å². The highest BCUT2D eigenvalue weighted by Crippen LogP contribution is 2.15. The number of thioether (sulfide) groups is 1. The standard InChI is InChI=1S/C13H21N3O2S/c1-9(2)15-11(12(17)18-4)6-8-19-13-14-7-5-10(3)16-13/h5,7,9,11,15H,6,8H2,1-4H3. The number of hydrogen-bond donors (Lipinski definition) is 1. The number of carbonyl (C=O) groups excluding carboxylic acids is 1. The van der Waals surface area contributed by atoms with E-state index in [9.17, 15) is 4.79 Å². The molecule has 0 aliphatic heterocycles. The molecule has 0 bridgehead atoms. The number of nitrogens with one attached hydrogen (secondary N) is 1. The number of methoxy groups -OCH3 is 1. The molecule has 0 amide bonds. The number of nitrogens with zero attached hydrogens (tertiary/aromatic N) is 2. The van der Waals surface area contributed by atoms with Crippen LogP contribution in [-0.2, 0) is 9.53 Å². The molecule has 19 heavy (non-hydrogen) atoms. The summed E-state index contributed by atoms with van der Waals surface area (Å²) in [5.74, 6) is 0.544. The summed E-state index contributed by atoms with van der Waals surface area (Å²) in [6.45, 7) is 5.95. The van der Waals surface area contributed by atoms with Gasteiger partial charge < -0.3 is 10.1 Å². The van der Waals surface area contributed by atoms with Crippen molar-refractivity contribution in [1.82, 2.24) is 15.3 Å². The van der Waals surface area contributed by atoms with Gasteiger partial charge in [0.1, 0.15) is 6.04 Å². The predicted octanol–water partition coefficient (Wildman–Crippen LogP) is 1.81. The Morgan fingerprint density at radius 3 is 2.84 bits per heavy atom. The average Bonchev–Trinajstić information content (AvgIpc) is 2.36. The Bertz CT molecular complexity index is 413. The third-order valence-corrected chi connectivity index (χ3v) is 3.33. The summed E-state index contributed by atoms with van der Waals surface area (Å²) < 4.78 is 4.79. The van der Waals surface area contributed by atoms with E-state index in [-0.39, 0.29) is 18.1 Å². The normalized spacial score (nSPS) is 12.5. The lowest BCUT2D eigenvalue weighted by Gasteiger charge is -2.18. The molecule has 1 unspecified atom stereocenters. The number of esters is 1. The first-order valence-electron chi connectivity index (χ1n) is 6.29. The van der Waals surface area contributed by atoms with Crippen molar-refractivity contribution in [1.29, 1.82) is 0 Å². The number of aryl methyl sites for hydroxylation is 1. The Balaban J connectivity index is 2.45. The molecule has 1 atom stereocenters. The third kappa shape index (κ3) is 6.02.